The molecule has 1 fully saturated rings. The molecule has 0 N–H and O–H groups in total. The first-order valence-electron chi connectivity index (χ1n) is 14.7. The Morgan fingerprint density at radius 3 is 2.61 bits per heavy atom. The number of thiophene rings is 1. The minimum Gasteiger partial charge on any atom is -0.494 e. The summed E-state index contributed by atoms with van der Waals surface area (Å²) in [5, 5.41) is 4.44. The fourth-order valence-electron chi connectivity index (χ4n) is 5.63. The number of unbranched alkanes of at least 4 members (excludes halogenated alkanes) is 1. The summed E-state index contributed by atoms with van der Waals surface area (Å²) in [7, 11) is 0. The SMILES string of the molecule is CCCC(C)(C)C(=O)OCn1c(=O)ccc2ccc(OCCCCN3CCN(c4cccc5sccc45)CC3)cc21. The molecule has 218 valence electrons. The van der Waals surface area contributed by atoms with Crippen LogP contribution in [-0.2, 0) is 16.3 Å². The van der Waals surface area contributed by atoms with Crippen molar-refractivity contribution in [2.24, 2.45) is 5.41 Å². The number of carbonyl (C=O) groups excluding carboxylic acids is 1. The van der Waals surface area contributed by atoms with Gasteiger partial charge in [0, 0.05) is 54.1 Å². The van der Waals surface area contributed by atoms with Gasteiger partial charge in [0.15, 0.2) is 6.73 Å². The second-order valence-corrected chi connectivity index (χ2v) is 12.5. The van der Waals surface area contributed by atoms with Crippen LogP contribution in [-0.4, -0.2) is 54.8 Å². The molecular weight excluding hydrogens is 534 g/mol. The number of ether oxygens (including phenoxy) is 2. The number of piperazine rings is 1. The van der Waals surface area contributed by atoms with Crippen molar-refractivity contribution in [1.29, 1.82) is 0 Å². The molecule has 4 aromatic rings. The number of benzene rings is 2. The van der Waals surface area contributed by atoms with Gasteiger partial charge in [0.25, 0.3) is 5.56 Å². The highest BCUT2D eigenvalue weighted by Gasteiger charge is 2.28. The lowest BCUT2D eigenvalue weighted by atomic mass is 9.88. The highest BCUT2D eigenvalue weighted by atomic mass is 32.1. The molecule has 0 aliphatic carbocycles. The molecule has 0 radical (unpaired) electrons. The molecule has 0 spiro atoms. The smallest absolute Gasteiger partial charge is 0.313 e. The van der Waals surface area contributed by atoms with Crippen molar-refractivity contribution in [3.05, 3.63) is 70.3 Å². The Hall–Kier alpha value is -3.36. The Balaban J connectivity index is 1.09. The number of hydrogen-bond donors (Lipinski definition) is 0. The highest BCUT2D eigenvalue weighted by molar-refractivity contribution is 7.17. The van der Waals surface area contributed by atoms with Crippen molar-refractivity contribution < 1.29 is 14.3 Å². The van der Waals surface area contributed by atoms with E-state index in [1.165, 1.54) is 26.4 Å². The zero-order valence-electron chi connectivity index (χ0n) is 24.4. The molecule has 1 aliphatic rings. The lowest BCUT2D eigenvalue weighted by Crippen LogP contribution is -2.46. The van der Waals surface area contributed by atoms with Crippen molar-refractivity contribution in [1.82, 2.24) is 9.47 Å². The van der Waals surface area contributed by atoms with Crippen molar-refractivity contribution in [2.45, 2.75) is 53.2 Å². The number of aromatic nitrogens is 1. The van der Waals surface area contributed by atoms with Crippen molar-refractivity contribution in [2.75, 3.05) is 44.2 Å². The van der Waals surface area contributed by atoms with E-state index in [1.807, 2.05) is 39.0 Å². The molecule has 7 nitrogen and oxygen atoms in total. The Labute approximate surface area is 246 Å². The van der Waals surface area contributed by atoms with Crippen LogP contribution in [0.25, 0.3) is 21.0 Å². The summed E-state index contributed by atoms with van der Waals surface area (Å²) in [5.41, 5.74) is 1.27. The molecule has 0 unspecified atom stereocenters. The molecular formula is C33H41N3O4S. The van der Waals surface area contributed by atoms with Crippen LogP contribution in [0.5, 0.6) is 5.75 Å². The second-order valence-electron chi connectivity index (χ2n) is 11.5. The van der Waals surface area contributed by atoms with Crippen LogP contribution in [0.1, 0.15) is 46.5 Å². The largest absolute Gasteiger partial charge is 0.494 e. The number of pyridine rings is 1. The molecule has 2 aromatic heterocycles. The maximum atomic E-state index is 12.7. The van der Waals surface area contributed by atoms with Gasteiger partial charge in [-0.25, -0.2) is 0 Å². The number of esters is 1. The molecule has 5 rings (SSSR count). The Kier molecular flexibility index (Phi) is 9.30. The maximum Gasteiger partial charge on any atom is 0.313 e. The first kappa shape index (κ1) is 29.1. The van der Waals surface area contributed by atoms with Crippen LogP contribution >= 0.6 is 11.3 Å². The van der Waals surface area contributed by atoms with Gasteiger partial charge in [0.1, 0.15) is 5.75 Å². The number of hydrogen-bond acceptors (Lipinski definition) is 7. The first-order valence-corrected chi connectivity index (χ1v) is 15.6. The molecule has 41 heavy (non-hydrogen) atoms. The first-order chi connectivity index (χ1) is 19.9. The molecule has 2 aromatic carbocycles. The summed E-state index contributed by atoms with van der Waals surface area (Å²) in [6, 6.07) is 17.9. The van der Waals surface area contributed by atoms with Crippen LogP contribution in [0.2, 0.25) is 0 Å². The van der Waals surface area contributed by atoms with Gasteiger partial charge in [0.05, 0.1) is 17.5 Å². The standard InChI is InChI=1S/C33H41N3O4S/c1-4-15-33(2,3)32(38)40-24-36-29-23-26(12-10-25(29)11-13-31(36)37)39-21-6-5-16-34-17-19-35(20-18-34)28-8-7-9-30-27(28)14-22-41-30/h7-14,22-23H,4-6,15-21,24H2,1-3H3. The van der Waals surface area contributed by atoms with E-state index in [4.69, 9.17) is 9.47 Å². The van der Waals surface area contributed by atoms with E-state index in [9.17, 15) is 9.59 Å². The average molecular weight is 576 g/mol. The normalized spacial score (nSPS) is 14.6. The van der Waals surface area contributed by atoms with Gasteiger partial charge in [-0.3, -0.25) is 19.1 Å². The molecule has 3 heterocycles. The van der Waals surface area contributed by atoms with Gasteiger partial charge in [-0.15, -0.1) is 11.3 Å². The summed E-state index contributed by atoms with van der Waals surface area (Å²) < 4.78 is 14.5. The fraction of sp³-hybridized carbons (Fsp3) is 0.455. The predicted octanol–water partition coefficient (Wildman–Crippen LogP) is 6.52. The summed E-state index contributed by atoms with van der Waals surface area (Å²) in [6.07, 6.45) is 3.65. The highest BCUT2D eigenvalue weighted by Crippen LogP contribution is 2.31. The van der Waals surface area contributed by atoms with Crippen LogP contribution in [0, 0.1) is 5.41 Å². The molecule has 1 saturated heterocycles. The summed E-state index contributed by atoms with van der Waals surface area (Å²) in [6.45, 7) is 11.6. The molecule has 0 saturated carbocycles. The summed E-state index contributed by atoms with van der Waals surface area (Å²) >= 11 is 1.81. The number of nitrogens with zero attached hydrogens (tertiary/aromatic N) is 3. The van der Waals surface area contributed by atoms with E-state index >= 15 is 0 Å². The van der Waals surface area contributed by atoms with E-state index < -0.39 is 5.41 Å². The fourth-order valence-corrected chi connectivity index (χ4v) is 6.44. The van der Waals surface area contributed by atoms with Gasteiger partial charge < -0.3 is 14.4 Å². The predicted molar refractivity (Wildman–Crippen MR) is 168 cm³/mol. The van der Waals surface area contributed by atoms with E-state index in [1.54, 1.807) is 17.4 Å². The zero-order valence-corrected chi connectivity index (χ0v) is 25.3. The lowest BCUT2D eigenvalue weighted by molar-refractivity contribution is -0.158. The van der Waals surface area contributed by atoms with E-state index in [-0.39, 0.29) is 18.3 Å². The molecule has 0 atom stereocenters. The van der Waals surface area contributed by atoms with Crippen LogP contribution < -0.4 is 15.2 Å². The number of anilines is 1. The third kappa shape index (κ3) is 6.93. The second kappa shape index (κ2) is 13.1. The van der Waals surface area contributed by atoms with Crippen molar-refractivity contribution >= 4 is 44.0 Å². The third-order valence-electron chi connectivity index (χ3n) is 8.04. The van der Waals surface area contributed by atoms with Gasteiger partial charge in [-0.1, -0.05) is 19.4 Å². The quantitative estimate of drug-likeness (QED) is 0.142. The summed E-state index contributed by atoms with van der Waals surface area (Å²) in [4.78, 5) is 30.3. The molecule has 0 amide bonds. The monoisotopic (exact) mass is 575 g/mol. The molecule has 8 heteroatoms. The minimum atomic E-state index is -0.580. The van der Waals surface area contributed by atoms with Crippen LogP contribution in [0.4, 0.5) is 5.69 Å². The van der Waals surface area contributed by atoms with Crippen LogP contribution in [0.3, 0.4) is 0 Å². The lowest BCUT2D eigenvalue weighted by Gasteiger charge is -2.36. The third-order valence-corrected chi connectivity index (χ3v) is 8.92. The van der Waals surface area contributed by atoms with Crippen LogP contribution in [0.15, 0.2) is 64.8 Å². The number of rotatable bonds is 12. The molecule has 0 bridgehead atoms. The Morgan fingerprint density at radius 1 is 1.00 bits per heavy atom. The minimum absolute atomic E-state index is 0.110. The topological polar surface area (TPSA) is 64.0 Å². The van der Waals surface area contributed by atoms with Gasteiger partial charge in [-0.2, -0.15) is 0 Å². The molecule has 1 aliphatic heterocycles. The van der Waals surface area contributed by atoms with E-state index in [2.05, 4.69) is 39.4 Å². The number of fused-ring (bicyclic) bond motifs is 2. The average Bonchev–Trinajstić information content (AvgIpc) is 3.46. The summed E-state index contributed by atoms with van der Waals surface area (Å²) in [5.74, 6) is 0.419. The number of carbonyl (C=O) groups is 1. The Morgan fingerprint density at radius 2 is 1.80 bits per heavy atom. The van der Waals surface area contributed by atoms with Gasteiger partial charge >= 0.3 is 5.97 Å². The van der Waals surface area contributed by atoms with E-state index in [0.717, 1.165) is 63.8 Å². The van der Waals surface area contributed by atoms with Gasteiger partial charge in [0.2, 0.25) is 0 Å². The maximum absolute atomic E-state index is 12.7. The van der Waals surface area contributed by atoms with Crippen molar-refractivity contribution in [3.8, 4) is 5.75 Å². The van der Waals surface area contributed by atoms with Gasteiger partial charge in [-0.05, 0) is 86.8 Å². The Bertz CT molecular complexity index is 1530. The van der Waals surface area contributed by atoms with Crippen molar-refractivity contribution in [3.63, 3.8) is 0 Å². The zero-order chi connectivity index (χ0) is 28.8. The van der Waals surface area contributed by atoms with E-state index in [0.29, 0.717) is 17.9 Å².